The van der Waals surface area contributed by atoms with Crippen molar-refractivity contribution in [3.63, 3.8) is 0 Å². The molecule has 0 saturated carbocycles. The van der Waals surface area contributed by atoms with E-state index in [1.54, 1.807) is 6.92 Å². The van der Waals surface area contributed by atoms with Crippen LogP contribution < -0.4 is 15.2 Å². The van der Waals surface area contributed by atoms with Crippen LogP contribution in [0.1, 0.15) is 72.0 Å². The van der Waals surface area contributed by atoms with Crippen LogP contribution in [0.25, 0.3) is 0 Å². The fourth-order valence-electron chi connectivity index (χ4n) is 1.88. The second kappa shape index (κ2) is 16.8. The second-order valence-corrected chi connectivity index (χ2v) is 6.03. The highest BCUT2D eigenvalue weighted by atomic mass is 16.6. The monoisotopic (exact) mass is 400 g/mol. The second-order valence-electron chi connectivity index (χ2n) is 6.03. The van der Waals surface area contributed by atoms with Gasteiger partial charge in [-0.2, -0.15) is 0 Å². The number of benzene rings is 1. The lowest BCUT2D eigenvalue weighted by Crippen LogP contribution is -2.12. The van der Waals surface area contributed by atoms with E-state index >= 15 is 0 Å². The van der Waals surface area contributed by atoms with Crippen molar-refractivity contribution in [1.82, 2.24) is 0 Å². The van der Waals surface area contributed by atoms with Crippen LogP contribution in [0.15, 0.2) is 12.1 Å². The molecule has 0 aromatic heterocycles. The first kappa shape index (κ1) is 27.9. The summed E-state index contributed by atoms with van der Waals surface area (Å²) in [6, 6.07) is 2.82. The summed E-state index contributed by atoms with van der Waals surface area (Å²) >= 11 is 0. The minimum atomic E-state index is -0.499. The molecule has 0 saturated heterocycles. The lowest BCUT2D eigenvalue weighted by molar-refractivity contribution is -0.386. The average molecular weight is 401 g/mol. The highest BCUT2D eigenvalue weighted by Crippen LogP contribution is 2.38. The largest absolute Gasteiger partial charge is 0.493 e. The first-order valence-corrected chi connectivity index (χ1v) is 9.53. The van der Waals surface area contributed by atoms with E-state index in [9.17, 15) is 14.9 Å². The summed E-state index contributed by atoms with van der Waals surface area (Å²) in [5.74, 6) is 0.181. The molecule has 1 aromatic carbocycles. The maximum atomic E-state index is 11.2. The molecule has 1 amide bonds. The molecule has 0 heterocycles. The summed E-state index contributed by atoms with van der Waals surface area (Å²) in [7, 11) is 2.91. The van der Waals surface area contributed by atoms with Crippen LogP contribution in [0.2, 0.25) is 0 Å². The molecule has 0 aliphatic carbocycles. The molecule has 8 nitrogen and oxygen atoms in total. The average Bonchev–Trinajstić information content (AvgIpc) is 2.65. The number of rotatable bonds is 9. The Kier molecular flexibility index (Phi) is 16.7. The number of carbonyl (C=O) groups excluding carboxylic acids is 1. The number of methoxy groups -OCH3 is 2. The molecule has 1 aromatic rings. The van der Waals surface area contributed by atoms with Gasteiger partial charge < -0.3 is 19.9 Å². The molecule has 0 spiro atoms. The smallest absolute Gasteiger partial charge is 0.279 e. The SMILES string of the molecule is CCC.CCC.COc1cc(C(C)OC)c([N+](=O)[O-])cc1OCCCC(N)=O. The van der Waals surface area contributed by atoms with Gasteiger partial charge in [0, 0.05) is 13.5 Å². The molecule has 0 radical (unpaired) electrons. The number of ether oxygens (including phenoxy) is 3. The van der Waals surface area contributed by atoms with Crippen molar-refractivity contribution in [1.29, 1.82) is 0 Å². The standard InChI is InChI=1S/C14H20N2O6.2C3H8/c1-9(20-2)10-7-12(21-3)13(8-11(10)16(18)19)22-6-4-5-14(15)17;2*1-3-2/h7-9H,4-6H2,1-3H3,(H2,15,17);2*3H2,1-2H3. The number of nitrogens with two attached hydrogens (primary N) is 1. The van der Waals surface area contributed by atoms with Gasteiger partial charge in [0.2, 0.25) is 5.91 Å². The van der Waals surface area contributed by atoms with Gasteiger partial charge in [0.05, 0.1) is 36.4 Å². The zero-order valence-electron chi connectivity index (χ0n) is 18.2. The molecule has 8 heteroatoms. The fourth-order valence-corrected chi connectivity index (χ4v) is 1.88. The van der Waals surface area contributed by atoms with Gasteiger partial charge in [-0.3, -0.25) is 14.9 Å². The van der Waals surface area contributed by atoms with E-state index in [1.165, 1.54) is 39.2 Å². The van der Waals surface area contributed by atoms with Gasteiger partial charge in [-0.15, -0.1) is 0 Å². The fraction of sp³-hybridized carbons (Fsp3) is 0.650. The Labute approximate surface area is 168 Å². The van der Waals surface area contributed by atoms with Crippen LogP contribution in [0.5, 0.6) is 11.5 Å². The topological polar surface area (TPSA) is 114 Å². The summed E-state index contributed by atoms with van der Waals surface area (Å²) in [6.07, 6.45) is 2.64. The molecular weight excluding hydrogens is 364 g/mol. The van der Waals surface area contributed by atoms with Crippen molar-refractivity contribution >= 4 is 11.6 Å². The minimum Gasteiger partial charge on any atom is -0.493 e. The third-order valence-electron chi connectivity index (χ3n) is 3.13. The molecule has 0 bridgehead atoms. The molecule has 0 aliphatic rings. The molecular formula is C20H36N2O6. The van der Waals surface area contributed by atoms with E-state index in [0.29, 0.717) is 17.7 Å². The van der Waals surface area contributed by atoms with Crippen LogP contribution in [-0.4, -0.2) is 31.7 Å². The number of hydrogen-bond donors (Lipinski definition) is 1. The van der Waals surface area contributed by atoms with E-state index in [1.807, 2.05) is 0 Å². The Balaban J connectivity index is 0. The number of carbonyl (C=O) groups is 1. The van der Waals surface area contributed by atoms with Gasteiger partial charge in [0.1, 0.15) is 0 Å². The maximum Gasteiger partial charge on any atom is 0.279 e. The molecule has 162 valence electrons. The van der Waals surface area contributed by atoms with E-state index in [-0.39, 0.29) is 24.5 Å². The molecule has 1 rings (SSSR count). The Bertz CT molecular complexity index is 576. The van der Waals surface area contributed by atoms with Crippen LogP contribution in [-0.2, 0) is 9.53 Å². The maximum absolute atomic E-state index is 11.2. The van der Waals surface area contributed by atoms with Gasteiger partial charge in [-0.25, -0.2) is 0 Å². The van der Waals surface area contributed by atoms with Crippen LogP contribution in [0, 0.1) is 10.1 Å². The predicted molar refractivity (Wildman–Crippen MR) is 111 cm³/mol. The molecule has 0 fully saturated rings. The minimum absolute atomic E-state index is 0.111. The first-order valence-electron chi connectivity index (χ1n) is 9.53. The third kappa shape index (κ3) is 11.4. The number of nitro benzene ring substituents is 1. The Morgan fingerprint density at radius 3 is 2.07 bits per heavy atom. The summed E-state index contributed by atoms with van der Waals surface area (Å²) in [4.78, 5) is 21.4. The zero-order chi connectivity index (χ0) is 22.1. The van der Waals surface area contributed by atoms with Crippen LogP contribution >= 0.6 is 0 Å². The molecule has 2 N–H and O–H groups in total. The van der Waals surface area contributed by atoms with Gasteiger partial charge in [0.25, 0.3) is 5.69 Å². The van der Waals surface area contributed by atoms with Crippen molar-refractivity contribution in [3.05, 3.63) is 27.8 Å². The van der Waals surface area contributed by atoms with E-state index < -0.39 is 16.9 Å². The van der Waals surface area contributed by atoms with Crippen molar-refractivity contribution in [3.8, 4) is 11.5 Å². The Morgan fingerprint density at radius 1 is 1.14 bits per heavy atom. The molecule has 1 unspecified atom stereocenters. The zero-order valence-corrected chi connectivity index (χ0v) is 18.2. The highest BCUT2D eigenvalue weighted by Gasteiger charge is 2.23. The Morgan fingerprint density at radius 2 is 1.68 bits per heavy atom. The normalized spacial score (nSPS) is 10.5. The van der Waals surface area contributed by atoms with Crippen molar-refractivity contribution in [2.24, 2.45) is 5.73 Å². The Hall–Kier alpha value is -2.35. The van der Waals surface area contributed by atoms with Crippen LogP contribution in [0.4, 0.5) is 5.69 Å². The lowest BCUT2D eigenvalue weighted by Gasteiger charge is -2.15. The molecule has 28 heavy (non-hydrogen) atoms. The van der Waals surface area contributed by atoms with E-state index in [4.69, 9.17) is 19.9 Å². The summed E-state index contributed by atoms with van der Waals surface area (Å²) < 4.78 is 15.8. The van der Waals surface area contributed by atoms with Crippen molar-refractivity contribution in [2.75, 3.05) is 20.8 Å². The lowest BCUT2D eigenvalue weighted by atomic mass is 10.1. The summed E-state index contributed by atoms with van der Waals surface area (Å²) in [5, 5.41) is 11.2. The van der Waals surface area contributed by atoms with E-state index in [2.05, 4.69) is 27.7 Å². The van der Waals surface area contributed by atoms with Gasteiger partial charge in [0.15, 0.2) is 11.5 Å². The predicted octanol–water partition coefficient (Wildman–Crippen LogP) is 4.79. The number of nitrogens with zero attached hydrogens (tertiary/aromatic N) is 1. The van der Waals surface area contributed by atoms with Gasteiger partial charge in [-0.1, -0.05) is 40.5 Å². The first-order chi connectivity index (χ1) is 13.2. The molecule has 1 atom stereocenters. The third-order valence-corrected chi connectivity index (χ3v) is 3.13. The van der Waals surface area contributed by atoms with Crippen molar-refractivity contribution in [2.45, 2.75) is 66.4 Å². The van der Waals surface area contributed by atoms with Gasteiger partial charge in [-0.05, 0) is 19.4 Å². The highest BCUT2D eigenvalue weighted by molar-refractivity contribution is 5.73. The number of primary amides is 1. The van der Waals surface area contributed by atoms with Gasteiger partial charge >= 0.3 is 0 Å². The number of amides is 1. The van der Waals surface area contributed by atoms with Crippen molar-refractivity contribution < 1.29 is 23.9 Å². The summed E-state index contributed by atoms with van der Waals surface area (Å²) in [5.41, 5.74) is 5.32. The number of nitro groups is 1. The number of hydrogen-bond acceptors (Lipinski definition) is 6. The molecule has 0 aliphatic heterocycles. The summed E-state index contributed by atoms with van der Waals surface area (Å²) in [6.45, 7) is 10.4. The van der Waals surface area contributed by atoms with Crippen LogP contribution in [0.3, 0.4) is 0 Å². The quantitative estimate of drug-likeness (QED) is 0.362. The van der Waals surface area contributed by atoms with E-state index in [0.717, 1.165) is 0 Å².